The molecule has 0 saturated carbocycles. The highest BCUT2D eigenvalue weighted by Crippen LogP contribution is 2.48. The minimum absolute atomic E-state index is 1.19. The summed E-state index contributed by atoms with van der Waals surface area (Å²) < 4.78 is 0. The van der Waals surface area contributed by atoms with Crippen molar-refractivity contribution in [1.29, 1.82) is 0 Å². The second-order valence-electron chi connectivity index (χ2n) is 14.8. The van der Waals surface area contributed by atoms with Gasteiger partial charge in [-0.3, -0.25) is 0 Å². The Morgan fingerprint density at radius 1 is 0.179 bits per heavy atom. The third-order valence-electron chi connectivity index (χ3n) is 11.6. The van der Waals surface area contributed by atoms with E-state index in [-0.39, 0.29) is 0 Å². The van der Waals surface area contributed by atoms with Crippen LogP contribution < -0.4 is 0 Å². The predicted molar refractivity (Wildman–Crippen MR) is 241 cm³/mol. The Morgan fingerprint density at radius 2 is 0.661 bits per heavy atom. The SMILES string of the molecule is c1ccc(-c2c3ccccc3c(-c3cc(-c4ccccc4-c4cc5ccccc5c5ccccc45)ccc3-c3ccc4ccccc4c3)c3ccccc23)cc1. The largest absolute Gasteiger partial charge is 0.0622 e. The molecule has 0 heterocycles. The molecule has 0 aliphatic heterocycles. The third-order valence-corrected chi connectivity index (χ3v) is 11.6. The van der Waals surface area contributed by atoms with Gasteiger partial charge in [-0.2, -0.15) is 0 Å². The van der Waals surface area contributed by atoms with Gasteiger partial charge in [-0.15, -0.1) is 0 Å². The lowest BCUT2D eigenvalue weighted by Gasteiger charge is -2.21. The summed E-state index contributed by atoms with van der Waals surface area (Å²) >= 11 is 0. The Hall–Kier alpha value is -7.28. The molecule has 260 valence electrons. The van der Waals surface area contributed by atoms with Crippen LogP contribution in [0.4, 0.5) is 0 Å². The molecule has 0 amide bonds. The van der Waals surface area contributed by atoms with E-state index >= 15 is 0 Å². The lowest BCUT2D eigenvalue weighted by Crippen LogP contribution is -1.94. The molecule has 0 spiro atoms. The summed E-state index contributed by atoms with van der Waals surface area (Å²) in [6.45, 7) is 0. The van der Waals surface area contributed by atoms with Gasteiger partial charge in [-0.1, -0.05) is 200 Å². The first-order valence-corrected chi connectivity index (χ1v) is 19.4. The zero-order valence-corrected chi connectivity index (χ0v) is 30.8. The summed E-state index contributed by atoms with van der Waals surface area (Å²) in [6, 6.07) is 80.5. The third kappa shape index (κ3) is 5.22. The highest BCUT2D eigenvalue weighted by Gasteiger charge is 2.21. The summed E-state index contributed by atoms with van der Waals surface area (Å²) in [5.41, 5.74) is 12.3. The van der Waals surface area contributed by atoms with Crippen molar-refractivity contribution in [1.82, 2.24) is 0 Å². The number of hydrogen-bond acceptors (Lipinski definition) is 0. The molecule has 0 saturated heterocycles. The van der Waals surface area contributed by atoms with Gasteiger partial charge in [0.1, 0.15) is 0 Å². The van der Waals surface area contributed by atoms with E-state index in [2.05, 4.69) is 218 Å². The minimum atomic E-state index is 1.19. The molecule has 0 bridgehead atoms. The molecule has 0 N–H and O–H groups in total. The van der Waals surface area contributed by atoms with Crippen molar-refractivity contribution in [3.05, 3.63) is 218 Å². The monoisotopic (exact) mass is 708 g/mol. The summed E-state index contributed by atoms with van der Waals surface area (Å²) in [5, 5.41) is 12.6. The highest BCUT2D eigenvalue weighted by molar-refractivity contribution is 6.23. The Labute approximate surface area is 326 Å². The zero-order chi connectivity index (χ0) is 37.0. The van der Waals surface area contributed by atoms with Gasteiger partial charge >= 0.3 is 0 Å². The molecule has 11 rings (SSSR count). The number of rotatable bonds is 5. The van der Waals surface area contributed by atoms with Crippen molar-refractivity contribution in [2.24, 2.45) is 0 Å². The van der Waals surface area contributed by atoms with E-state index in [0.29, 0.717) is 0 Å². The molecular weight excluding hydrogens is 673 g/mol. The Balaban J connectivity index is 1.23. The maximum atomic E-state index is 2.46. The molecule has 0 radical (unpaired) electrons. The van der Waals surface area contributed by atoms with Gasteiger partial charge in [0, 0.05) is 0 Å². The molecular formula is C56H36. The maximum absolute atomic E-state index is 2.46. The molecule has 0 unspecified atom stereocenters. The average Bonchev–Trinajstić information content (AvgIpc) is 3.28. The van der Waals surface area contributed by atoms with Gasteiger partial charge in [0.05, 0.1) is 0 Å². The van der Waals surface area contributed by atoms with Crippen LogP contribution >= 0.6 is 0 Å². The van der Waals surface area contributed by atoms with Crippen LogP contribution in [0, 0.1) is 0 Å². The second kappa shape index (κ2) is 13.2. The Bertz CT molecular complexity index is 3240. The summed E-state index contributed by atoms with van der Waals surface area (Å²) in [6.07, 6.45) is 0. The topological polar surface area (TPSA) is 0 Å². The molecule has 11 aromatic rings. The average molecular weight is 709 g/mol. The second-order valence-corrected chi connectivity index (χ2v) is 14.8. The van der Waals surface area contributed by atoms with Crippen molar-refractivity contribution in [3.8, 4) is 55.6 Å². The molecule has 0 aromatic heterocycles. The number of fused-ring (bicyclic) bond motifs is 6. The van der Waals surface area contributed by atoms with Gasteiger partial charge < -0.3 is 0 Å². The van der Waals surface area contributed by atoms with Crippen molar-refractivity contribution in [2.45, 2.75) is 0 Å². The fourth-order valence-corrected chi connectivity index (χ4v) is 9.11. The van der Waals surface area contributed by atoms with E-state index in [1.54, 1.807) is 0 Å². The van der Waals surface area contributed by atoms with Crippen LogP contribution in [-0.4, -0.2) is 0 Å². The molecule has 0 heteroatoms. The lowest BCUT2D eigenvalue weighted by molar-refractivity contribution is 1.58. The van der Waals surface area contributed by atoms with Gasteiger partial charge in [0.2, 0.25) is 0 Å². The standard InChI is InChI=1S/C56H36/c1-2-17-38(18-3-1)55-49-26-12-14-28-51(49)56(52-29-15-13-27-50(52)55)54-36-42(32-33-45(54)41-31-30-37-16-4-5-19-39(37)34-41)44-22-8-9-24-47(44)53-35-40-20-6-7-21-43(40)46-23-10-11-25-48(46)53/h1-36H. The summed E-state index contributed by atoms with van der Waals surface area (Å²) in [7, 11) is 0. The Morgan fingerprint density at radius 3 is 1.38 bits per heavy atom. The molecule has 56 heavy (non-hydrogen) atoms. The maximum Gasteiger partial charge on any atom is -0.00199 e. The van der Waals surface area contributed by atoms with E-state index in [1.807, 2.05) is 0 Å². The fraction of sp³-hybridized carbons (Fsp3) is 0. The first kappa shape index (κ1) is 32.2. The molecule has 0 nitrogen and oxygen atoms in total. The van der Waals surface area contributed by atoms with Crippen LogP contribution in [0.1, 0.15) is 0 Å². The first-order chi connectivity index (χ1) is 27.8. The molecule has 0 aliphatic rings. The molecule has 0 atom stereocenters. The van der Waals surface area contributed by atoms with E-state index in [0.717, 1.165) is 0 Å². The van der Waals surface area contributed by atoms with Gasteiger partial charge in [0.15, 0.2) is 0 Å². The fourth-order valence-electron chi connectivity index (χ4n) is 9.11. The molecule has 11 aromatic carbocycles. The van der Waals surface area contributed by atoms with Crippen LogP contribution in [0.15, 0.2) is 218 Å². The van der Waals surface area contributed by atoms with Crippen LogP contribution in [0.25, 0.3) is 109 Å². The van der Waals surface area contributed by atoms with Crippen LogP contribution in [0.2, 0.25) is 0 Å². The normalized spacial score (nSPS) is 11.6. The van der Waals surface area contributed by atoms with Crippen molar-refractivity contribution < 1.29 is 0 Å². The zero-order valence-electron chi connectivity index (χ0n) is 30.8. The molecule has 0 aliphatic carbocycles. The van der Waals surface area contributed by atoms with E-state index < -0.39 is 0 Å². The van der Waals surface area contributed by atoms with Gasteiger partial charge in [-0.25, -0.2) is 0 Å². The lowest BCUT2D eigenvalue weighted by atomic mass is 9.82. The van der Waals surface area contributed by atoms with Crippen molar-refractivity contribution in [2.75, 3.05) is 0 Å². The van der Waals surface area contributed by atoms with Gasteiger partial charge in [-0.05, 0) is 128 Å². The van der Waals surface area contributed by atoms with E-state index in [4.69, 9.17) is 0 Å². The quantitative estimate of drug-likeness (QED) is 0.123. The summed E-state index contributed by atoms with van der Waals surface area (Å²) in [4.78, 5) is 0. The Kier molecular flexibility index (Phi) is 7.60. The van der Waals surface area contributed by atoms with Crippen molar-refractivity contribution >= 4 is 53.9 Å². The first-order valence-electron chi connectivity index (χ1n) is 19.4. The van der Waals surface area contributed by atoms with E-state index in [1.165, 1.54) is 109 Å². The van der Waals surface area contributed by atoms with Crippen LogP contribution in [0.3, 0.4) is 0 Å². The van der Waals surface area contributed by atoms with Crippen molar-refractivity contribution in [3.63, 3.8) is 0 Å². The summed E-state index contributed by atoms with van der Waals surface area (Å²) in [5.74, 6) is 0. The number of benzene rings is 11. The smallest absolute Gasteiger partial charge is 0.00199 e. The van der Waals surface area contributed by atoms with Crippen LogP contribution in [0.5, 0.6) is 0 Å². The van der Waals surface area contributed by atoms with Crippen LogP contribution in [-0.2, 0) is 0 Å². The highest BCUT2D eigenvalue weighted by atomic mass is 14.2. The molecule has 0 fully saturated rings. The van der Waals surface area contributed by atoms with E-state index in [9.17, 15) is 0 Å². The van der Waals surface area contributed by atoms with Gasteiger partial charge in [0.25, 0.3) is 0 Å². The minimum Gasteiger partial charge on any atom is -0.0622 e. The predicted octanol–water partition coefficient (Wildman–Crippen LogP) is 15.8. The number of hydrogen-bond donors (Lipinski definition) is 0.